The molecule has 4 rings (SSSR count). The molecular weight excluding hydrogens is 752 g/mol. The van der Waals surface area contributed by atoms with E-state index >= 15 is 0 Å². The Bertz CT molecular complexity index is 1420. The summed E-state index contributed by atoms with van der Waals surface area (Å²) in [6.07, 6.45) is 1.70. The van der Waals surface area contributed by atoms with Gasteiger partial charge in [0.25, 0.3) is 15.6 Å². The number of rotatable bonds is 18. The van der Waals surface area contributed by atoms with E-state index in [1.165, 1.54) is 14.2 Å². The second-order valence-corrected chi connectivity index (χ2v) is 14.1. The molecule has 1 aromatic carbocycles. The topological polar surface area (TPSA) is 203 Å². The first-order chi connectivity index (χ1) is 23.4. The molecule has 51 heavy (non-hydrogen) atoms. The number of nitrogens with zero attached hydrogens (tertiary/aromatic N) is 3. The molecule has 0 bridgehead atoms. The van der Waals surface area contributed by atoms with Gasteiger partial charge in [-0.3, -0.25) is 9.13 Å². The van der Waals surface area contributed by atoms with Gasteiger partial charge in [-0.25, -0.2) is 4.68 Å². The van der Waals surface area contributed by atoms with E-state index in [4.69, 9.17) is 59.6 Å². The summed E-state index contributed by atoms with van der Waals surface area (Å²) in [6, 6.07) is 8.15. The Balaban J connectivity index is 0.000000540. The number of thioether (sulfide) groups is 1. The Morgan fingerprint density at radius 2 is 1.39 bits per heavy atom. The first kappa shape index (κ1) is 49.4. The van der Waals surface area contributed by atoms with Gasteiger partial charge in [0.15, 0.2) is 0 Å². The molecule has 2 aliphatic rings. The second-order valence-electron chi connectivity index (χ2n) is 10.2. The van der Waals surface area contributed by atoms with Crippen molar-refractivity contribution in [3.8, 4) is 12.3 Å². The van der Waals surface area contributed by atoms with Gasteiger partial charge in [0.1, 0.15) is 64.6 Å². The summed E-state index contributed by atoms with van der Waals surface area (Å²) in [4.78, 5) is 24.3. The molecule has 3 heterocycles. The Morgan fingerprint density at radius 1 is 0.882 bits per heavy atom. The normalized spacial score (nSPS) is 27.9. The Morgan fingerprint density at radius 3 is 1.86 bits per heavy atom. The molecule has 0 spiro atoms. The van der Waals surface area contributed by atoms with Crippen LogP contribution in [0.4, 0.5) is 0 Å². The number of phosphoric acid groups is 2. The predicted octanol–water partition coefficient (Wildman–Crippen LogP) is -5.99. The van der Waals surface area contributed by atoms with Crippen molar-refractivity contribution in [1.82, 2.24) is 15.0 Å². The number of terminal acetylenes is 1. The Labute approximate surface area is 348 Å². The molecule has 24 heteroatoms. The molecule has 10 atom stereocenters. The molecule has 0 amide bonds. The van der Waals surface area contributed by atoms with Gasteiger partial charge >= 0.3 is 59.1 Å². The third kappa shape index (κ3) is 16.2. The minimum atomic E-state index is -4.53. The van der Waals surface area contributed by atoms with E-state index in [9.17, 15) is 18.9 Å². The van der Waals surface area contributed by atoms with Crippen LogP contribution < -0.4 is 68.9 Å². The second kappa shape index (κ2) is 24.8. The summed E-state index contributed by atoms with van der Waals surface area (Å²) in [5.74, 6) is 2.84. The Kier molecular flexibility index (Phi) is 24.0. The van der Waals surface area contributed by atoms with Crippen LogP contribution in [0.25, 0.3) is 0 Å². The van der Waals surface area contributed by atoms with Crippen molar-refractivity contribution in [2.75, 3.05) is 48.3 Å². The van der Waals surface area contributed by atoms with Crippen molar-refractivity contribution in [3.05, 3.63) is 42.2 Å². The molecule has 0 saturated carbocycles. The maximum absolute atomic E-state index is 11.8. The van der Waals surface area contributed by atoms with Crippen LogP contribution in [0.2, 0.25) is 0 Å². The molecular formula is C27H37B2N3Na2O14P2S. The smallest absolute Gasteiger partial charge is 0.756 e. The van der Waals surface area contributed by atoms with E-state index in [2.05, 4.69) is 25.3 Å². The fraction of sp³-hybridized carbons (Fsp3) is 0.630. The van der Waals surface area contributed by atoms with Crippen molar-refractivity contribution in [2.45, 2.75) is 66.0 Å². The van der Waals surface area contributed by atoms with E-state index < -0.39 is 64.3 Å². The van der Waals surface area contributed by atoms with E-state index in [1.54, 1.807) is 22.6 Å². The van der Waals surface area contributed by atoms with Gasteiger partial charge in [0, 0.05) is 45.3 Å². The van der Waals surface area contributed by atoms with Gasteiger partial charge in [-0.2, -0.15) is 0 Å². The fourth-order valence-corrected chi connectivity index (χ4v) is 6.61. The molecule has 2 fully saturated rings. The number of phosphoric ester groups is 2. The van der Waals surface area contributed by atoms with E-state index in [-0.39, 0.29) is 85.5 Å². The molecule has 1 aromatic heterocycles. The van der Waals surface area contributed by atoms with Crippen LogP contribution in [0.1, 0.15) is 5.69 Å². The van der Waals surface area contributed by atoms with Gasteiger partial charge in [0.2, 0.25) is 0 Å². The van der Waals surface area contributed by atoms with Crippen molar-refractivity contribution in [3.63, 3.8) is 0 Å². The summed E-state index contributed by atoms with van der Waals surface area (Å²) < 4.78 is 75.4. The molecule has 0 N–H and O–H groups in total. The molecule has 2 aromatic rings. The van der Waals surface area contributed by atoms with Crippen LogP contribution in [0, 0.1) is 12.3 Å². The zero-order valence-corrected chi connectivity index (χ0v) is 35.8. The van der Waals surface area contributed by atoms with Gasteiger partial charge in [-0.1, -0.05) is 29.3 Å². The van der Waals surface area contributed by atoms with E-state index in [0.29, 0.717) is 11.6 Å². The zero-order valence-electron chi connectivity index (χ0n) is 29.2. The molecule has 268 valence electrons. The molecule has 0 aliphatic carbocycles. The SMILES string of the molecule is [B][C@@H]1O[C@H](COC)[C@H](OP(=O)([O-])OC)C1OCC#C.[B][C@@H]1O[C@H](COC)[C@H](OP(=O)([O-])OC)C1OCc1cn(CSc2ccccc2)nn1.[Na+].[Na+]. The maximum Gasteiger partial charge on any atom is 1.00 e. The average Bonchev–Trinajstić information content (AvgIpc) is 3.74. The van der Waals surface area contributed by atoms with E-state index in [0.717, 1.165) is 19.1 Å². The number of ether oxygens (including phenoxy) is 6. The summed E-state index contributed by atoms with van der Waals surface area (Å²) in [6.45, 7) is 0.178. The van der Waals surface area contributed by atoms with Crippen LogP contribution in [-0.4, -0.2) is 128 Å². The van der Waals surface area contributed by atoms with Gasteiger partial charge in [-0.15, -0.1) is 23.3 Å². The van der Waals surface area contributed by atoms with Crippen molar-refractivity contribution < 1.29 is 125 Å². The third-order valence-electron chi connectivity index (χ3n) is 6.78. The van der Waals surface area contributed by atoms with Gasteiger partial charge < -0.3 is 56.3 Å². The Hall–Kier alpha value is 0.380. The fourth-order valence-electron chi connectivity index (χ4n) is 4.58. The van der Waals surface area contributed by atoms with Crippen LogP contribution in [0.3, 0.4) is 0 Å². The van der Waals surface area contributed by atoms with Crippen LogP contribution >= 0.6 is 27.4 Å². The number of aromatic nitrogens is 3. The van der Waals surface area contributed by atoms with Gasteiger partial charge in [0.05, 0.1) is 31.9 Å². The average molecular weight is 789 g/mol. The standard InChI is InChI=1S/C17H23BN3O7PS.C10H16BO7P.2Na/c1-24-10-14-15(28-29(22,23)25-2)16(17(18)27-14)26-9-12-8-21(20-19-12)11-30-13-6-4-3-5-7-13;1-4-5-16-9-8(18-19(12,13)15-3)7(6-14-2)17-10(9)11;;/h3-8,14-17H,9-11H2,1-2H3,(H,22,23);1,7-10H,5-6H2,2-3H3,(H,12,13);;/q;;2*+1/p-2/t14-,15+,16?,17-;7-,8+,9?,10-;;/m11../s1. The van der Waals surface area contributed by atoms with Crippen LogP contribution in [-0.2, 0) is 68.1 Å². The van der Waals surface area contributed by atoms with Crippen molar-refractivity contribution in [2.24, 2.45) is 0 Å². The monoisotopic (exact) mass is 789 g/mol. The third-order valence-corrected chi connectivity index (χ3v) is 9.68. The van der Waals surface area contributed by atoms with E-state index in [1.807, 2.05) is 30.3 Å². The number of hydrogen-bond donors (Lipinski definition) is 0. The number of methoxy groups -OCH3 is 2. The molecule has 17 nitrogen and oxygen atoms in total. The largest absolute Gasteiger partial charge is 1.00 e. The molecule has 2 aliphatic heterocycles. The van der Waals surface area contributed by atoms with Gasteiger partial charge in [-0.05, 0) is 12.1 Å². The van der Waals surface area contributed by atoms with Crippen LogP contribution in [0.15, 0.2) is 41.4 Å². The molecule has 4 unspecified atom stereocenters. The minimum Gasteiger partial charge on any atom is -0.756 e. The minimum absolute atomic E-state index is 0. The van der Waals surface area contributed by atoms with Crippen LogP contribution in [0.5, 0.6) is 0 Å². The molecule has 2 saturated heterocycles. The summed E-state index contributed by atoms with van der Waals surface area (Å²) in [5.41, 5.74) is 0.557. The first-order valence-corrected chi connectivity index (χ1v) is 18.4. The van der Waals surface area contributed by atoms with Crippen molar-refractivity contribution in [1.29, 1.82) is 0 Å². The number of hydrogen-bond acceptors (Lipinski definition) is 17. The van der Waals surface area contributed by atoms with Crippen molar-refractivity contribution >= 4 is 43.1 Å². The number of benzene rings is 1. The summed E-state index contributed by atoms with van der Waals surface area (Å²) in [7, 11) is 7.59. The predicted molar refractivity (Wildman–Crippen MR) is 171 cm³/mol. The molecule has 4 radical (unpaired) electrons. The maximum atomic E-state index is 11.8. The zero-order chi connectivity index (χ0) is 36.0. The summed E-state index contributed by atoms with van der Waals surface area (Å²) >= 11 is 1.61. The summed E-state index contributed by atoms with van der Waals surface area (Å²) in [5, 5.41) is 8.14. The first-order valence-electron chi connectivity index (χ1n) is 14.5. The quantitative estimate of drug-likeness (QED) is 0.0597.